The first kappa shape index (κ1) is 30.9. The van der Waals surface area contributed by atoms with Crippen molar-refractivity contribution < 1.29 is 38.1 Å². The molecule has 2 fully saturated rings. The summed E-state index contributed by atoms with van der Waals surface area (Å²) in [5.41, 5.74) is -2.28. The minimum absolute atomic E-state index is 0.0198. The first-order valence-electron chi connectivity index (χ1n) is 13.1. The van der Waals surface area contributed by atoms with Crippen molar-refractivity contribution in [3.05, 3.63) is 56.7 Å². The first-order chi connectivity index (χ1) is 18.9. The third kappa shape index (κ3) is 7.42. The number of esters is 1. The number of halogens is 1. The van der Waals surface area contributed by atoms with Gasteiger partial charge in [0.15, 0.2) is 11.0 Å². The average Bonchev–Trinajstić information content (AvgIpc) is 3.13. The van der Waals surface area contributed by atoms with Crippen LogP contribution in [-0.4, -0.2) is 62.4 Å². The number of H-pyrrole nitrogens is 1. The van der Waals surface area contributed by atoms with Crippen LogP contribution in [0.3, 0.4) is 0 Å². The van der Waals surface area contributed by atoms with E-state index in [0.717, 1.165) is 32.1 Å². The Balaban J connectivity index is 1.49. The van der Waals surface area contributed by atoms with Crippen LogP contribution >= 0.6 is 31.4 Å². The van der Waals surface area contributed by atoms with E-state index in [1.54, 1.807) is 19.1 Å². The number of aromatic amines is 1. The lowest BCUT2D eigenvalue weighted by molar-refractivity contribution is -0.154. The first-order valence-corrected chi connectivity index (χ1v) is 15.7. The summed E-state index contributed by atoms with van der Waals surface area (Å²) in [4.78, 5) is 26.8. The van der Waals surface area contributed by atoms with Gasteiger partial charge in [-0.25, -0.2) is 4.57 Å². The molecule has 1 aliphatic carbocycles. The molecule has 11 nitrogen and oxygen atoms in total. The summed E-state index contributed by atoms with van der Waals surface area (Å²) >= 11 is 11.1. The van der Waals surface area contributed by atoms with E-state index in [4.69, 9.17) is 42.3 Å². The molecule has 1 aliphatic heterocycles. The second-order valence-electron chi connectivity index (χ2n) is 10.4. The van der Waals surface area contributed by atoms with Gasteiger partial charge in [0.2, 0.25) is 0 Å². The van der Waals surface area contributed by atoms with Gasteiger partial charge in [-0.05, 0) is 69.1 Å². The number of hydrogen-bond donors (Lipinski definition) is 3. The van der Waals surface area contributed by atoms with Crippen LogP contribution in [0, 0.1) is 10.7 Å². The highest BCUT2D eigenvalue weighted by Crippen LogP contribution is 2.51. The fourth-order valence-corrected chi connectivity index (χ4v) is 7.08. The molecule has 2 heterocycles. The zero-order valence-electron chi connectivity index (χ0n) is 22.2. The molecule has 2 aromatic rings. The number of ether oxygens (including phenoxy) is 2. The van der Waals surface area contributed by atoms with Gasteiger partial charge in [0.05, 0.1) is 18.7 Å². The van der Waals surface area contributed by atoms with Crippen LogP contribution in [0.2, 0.25) is 5.02 Å². The van der Waals surface area contributed by atoms with Gasteiger partial charge in [-0.1, -0.05) is 24.9 Å². The van der Waals surface area contributed by atoms with E-state index in [-0.39, 0.29) is 22.8 Å². The van der Waals surface area contributed by atoms with E-state index in [2.05, 4.69) is 4.98 Å². The molecular formula is C26H34ClN2O9PS. The number of carbonyl (C=O) groups excluding carboxylic acids is 1. The van der Waals surface area contributed by atoms with E-state index in [9.17, 15) is 24.4 Å². The molecule has 0 amide bonds. The van der Waals surface area contributed by atoms with Gasteiger partial charge < -0.3 is 24.2 Å². The minimum atomic E-state index is -4.04. The Kier molecular flexibility index (Phi) is 9.93. The van der Waals surface area contributed by atoms with Gasteiger partial charge >= 0.3 is 13.6 Å². The van der Waals surface area contributed by atoms with Crippen molar-refractivity contribution in [1.82, 2.24) is 9.55 Å². The van der Waals surface area contributed by atoms with Crippen molar-refractivity contribution in [3.8, 4) is 5.75 Å². The van der Waals surface area contributed by atoms with Gasteiger partial charge in [-0.2, -0.15) is 0 Å². The van der Waals surface area contributed by atoms with Crippen LogP contribution in [0.4, 0.5) is 0 Å². The lowest BCUT2D eigenvalue weighted by Gasteiger charge is -2.28. The van der Waals surface area contributed by atoms with Crippen molar-refractivity contribution in [2.75, 3.05) is 12.8 Å². The SMILES string of the molecule is C[C@H](C[P@](=O)(OC[C@H]1O[C@@H](n2ccc(=O)[nH]c2=S)C(C)(O)[C@H]1O)Oc1ccc(Cl)cc1)C(=O)OC1CCCCC1. The van der Waals surface area contributed by atoms with Gasteiger partial charge in [0, 0.05) is 17.3 Å². The summed E-state index contributed by atoms with van der Waals surface area (Å²) in [6, 6.07) is 7.35. The number of carbonyl (C=O) groups is 1. The molecule has 0 radical (unpaired) electrons. The quantitative estimate of drug-likeness (QED) is 0.199. The maximum absolute atomic E-state index is 14.0. The highest BCUT2D eigenvalue weighted by molar-refractivity contribution is 7.71. The Morgan fingerprint density at radius 2 is 1.95 bits per heavy atom. The third-order valence-electron chi connectivity index (χ3n) is 7.09. The number of nitrogens with zero attached hydrogens (tertiary/aromatic N) is 1. The fraction of sp³-hybridized carbons (Fsp3) is 0.577. The van der Waals surface area contributed by atoms with Crippen molar-refractivity contribution in [2.45, 2.75) is 76.1 Å². The lowest BCUT2D eigenvalue weighted by atomic mass is 9.96. The number of nitrogens with one attached hydrogen (secondary N) is 1. The number of hydrogen-bond acceptors (Lipinski definition) is 10. The number of aliphatic hydroxyl groups is 2. The zero-order valence-corrected chi connectivity index (χ0v) is 24.7. The summed E-state index contributed by atoms with van der Waals surface area (Å²) in [5, 5.41) is 22.4. The molecule has 1 saturated carbocycles. The number of rotatable bonds is 10. The maximum Gasteiger partial charge on any atom is 0.380 e. The summed E-state index contributed by atoms with van der Waals surface area (Å²) in [5.74, 6) is -1.11. The summed E-state index contributed by atoms with van der Waals surface area (Å²) < 4.78 is 38.3. The molecule has 220 valence electrons. The van der Waals surface area contributed by atoms with E-state index >= 15 is 0 Å². The topological polar surface area (TPSA) is 149 Å². The highest BCUT2D eigenvalue weighted by Gasteiger charge is 2.53. The van der Waals surface area contributed by atoms with Crippen LogP contribution in [-0.2, 0) is 23.4 Å². The standard InChI is InChI=1S/C26H34ClN2O9PS/c1-16(23(32)36-18-6-4-3-5-7-18)15-39(34,38-19-10-8-17(27)9-11-19)35-14-20-22(31)26(2,33)24(37-20)29-13-12-21(30)28-25(29)40/h8-13,16,18,20,22,24,31,33H,3-7,14-15H2,1-2H3,(H,28,30,40)/t16-,20-,22+,24-,26?,39+/m1/s1. The molecule has 0 bridgehead atoms. The van der Waals surface area contributed by atoms with Gasteiger partial charge in [-0.15, -0.1) is 0 Å². The van der Waals surface area contributed by atoms with E-state index in [1.807, 2.05) is 0 Å². The summed E-state index contributed by atoms with van der Waals surface area (Å²) in [6.45, 7) is 2.49. The number of aromatic nitrogens is 2. The van der Waals surface area contributed by atoms with Crippen LogP contribution in [0.1, 0.15) is 52.2 Å². The number of aliphatic hydroxyl groups excluding tert-OH is 1. The Labute approximate surface area is 241 Å². The molecule has 0 spiro atoms. The molecule has 1 saturated heterocycles. The fourth-order valence-electron chi connectivity index (χ4n) is 4.82. The summed E-state index contributed by atoms with van der Waals surface area (Å²) in [7, 11) is -4.04. The monoisotopic (exact) mass is 616 g/mol. The van der Waals surface area contributed by atoms with Gasteiger partial charge in [-0.3, -0.25) is 23.7 Å². The second kappa shape index (κ2) is 12.9. The van der Waals surface area contributed by atoms with Gasteiger partial charge in [0.25, 0.3) is 5.56 Å². The summed E-state index contributed by atoms with van der Waals surface area (Å²) in [6.07, 6.45) is 1.75. The lowest BCUT2D eigenvalue weighted by Crippen LogP contribution is -2.44. The second-order valence-corrected chi connectivity index (χ2v) is 13.3. The molecule has 1 unspecified atom stereocenters. The van der Waals surface area contributed by atoms with Crippen LogP contribution < -0.4 is 10.1 Å². The normalized spacial score (nSPS) is 27.6. The maximum atomic E-state index is 14.0. The highest BCUT2D eigenvalue weighted by atomic mass is 35.5. The van der Waals surface area contributed by atoms with Crippen molar-refractivity contribution in [3.63, 3.8) is 0 Å². The van der Waals surface area contributed by atoms with Gasteiger partial charge in [0.1, 0.15) is 29.7 Å². The molecule has 40 heavy (non-hydrogen) atoms. The van der Waals surface area contributed by atoms with E-state index in [0.29, 0.717) is 5.02 Å². The number of benzene rings is 1. The van der Waals surface area contributed by atoms with E-state index < -0.39 is 55.7 Å². The van der Waals surface area contributed by atoms with Crippen molar-refractivity contribution >= 4 is 37.4 Å². The van der Waals surface area contributed by atoms with Crippen molar-refractivity contribution in [1.29, 1.82) is 0 Å². The molecule has 4 rings (SSSR count). The van der Waals surface area contributed by atoms with Crippen molar-refractivity contribution in [2.24, 2.45) is 5.92 Å². The third-order valence-corrected chi connectivity index (χ3v) is 9.68. The molecular weight excluding hydrogens is 583 g/mol. The Bertz CT molecular complexity index is 1340. The zero-order chi connectivity index (χ0) is 29.1. The molecule has 1 aromatic heterocycles. The molecule has 2 aliphatic rings. The van der Waals surface area contributed by atoms with Crippen LogP contribution in [0.5, 0.6) is 5.75 Å². The molecule has 6 atom stereocenters. The largest absolute Gasteiger partial charge is 0.462 e. The predicted molar refractivity (Wildman–Crippen MR) is 149 cm³/mol. The van der Waals surface area contributed by atoms with Crippen LogP contribution in [0.15, 0.2) is 41.3 Å². The Morgan fingerprint density at radius 3 is 2.60 bits per heavy atom. The van der Waals surface area contributed by atoms with Crippen LogP contribution in [0.25, 0.3) is 0 Å². The Morgan fingerprint density at radius 1 is 1.27 bits per heavy atom. The Hall–Kier alpha value is -2.05. The minimum Gasteiger partial charge on any atom is -0.462 e. The average molecular weight is 617 g/mol. The van der Waals surface area contributed by atoms with E-state index in [1.165, 1.54) is 35.9 Å². The predicted octanol–water partition coefficient (Wildman–Crippen LogP) is 4.37. The smallest absolute Gasteiger partial charge is 0.380 e. The molecule has 3 N–H and O–H groups in total. The molecule has 1 aromatic carbocycles. The molecule has 14 heteroatoms.